The summed E-state index contributed by atoms with van der Waals surface area (Å²) < 4.78 is 5.46. The highest BCUT2D eigenvalue weighted by molar-refractivity contribution is 6.38. The van der Waals surface area contributed by atoms with E-state index in [4.69, 9.17) is 4.74 Å². The molecule has 0 spiro atoms. The van der Waals surface area contributed by atoms with E-state index in [-0.39, 0.29) is 0 Å². The maximum atomic E-state index is 5.46. The Hall–Kier alpha value is -3.32. The summed E-state index contributed by atoms with van der Waals surface area (Å²) in [4.78, 5) is 0. The van der Waals surface area contributed by atoms with Crippen LogP contribution in [0.25, 0.3) is 53.9 Å². The van der Waals surface area contributed by atoms with Crippen molar-refractivity contribution in [2.45, 2.75) is 0 Å². The third kappa shape index (κ3) is 1.65. The molecule has 0 N–H and O–H groups in total. The maximum Gasteiger partial charge on any atom is 0.119 e. The van der Waals surface area contributed by atoms with Crippen LogP contribution in [0, 0.1) is 0 Å². The molecule has 0 aliphatic heterocycles. The van der Waals surface area contributed by atoms with E-state index in [1.165, 1.54) is 53.9 Å². The monoisotopic (exact) mass is 332 g/mol. The van der Waals surface area contributed by atoms with Gasteiger partial charge in [-0.1, -0.05) is 60.7 Å². The van der Waals surface area contributed by atoms with Gasteiger partial charge in [0.25, 0.3) is 0 Å². The molecule has 0 heterocycles. The summed E-state index contributed by atoms with van der Waals surface area (Å²) in [7, 11) is 1.72. The minimum Gasteiger partial charge on any atom is -0.497 e. The third-order valence-electron chi connectivity index (χ3n) is 5.65. The van der Waals surface area contributed by atoms with Crippen LogP contribution in [0.4, 0.5) is 0 Å². The van der Waals surface area contributed by atoms with E-state index in [0.29, 0.717) is 0 Å². The van der Waals surface area contributed by atoms with Crippen molar-refractivity contribution in [3.8, 4) is 5.75 Å². The fraction of sp³-hybridized carbons (Fsp3) is 0.0400. The van der Waals surface area contributed by atoms with E-state index in [1.807, 2.05) is 0 Å². The molecular formula is C25H16O. The highest BCUT2D eigenvalue weighted by atomic mass is 16.5. The molecule has 0 saturated carbocycles. The summed E-state index contributed by atoms with van der Waals surface area (Å²) in [6, 6.07) is 28.6. The molecule has 0 amide bonds. The molecule has 0 radical (unpaired) electrons. The van der Waals surface area contributed by atoms with Gasteiger partial charge in [0.05, 0.1) is 7.11 Å². The average molecular weight is 332 g/mol. The first-order valence-corrected chi connectivity index (χ1v) is 8.91. The van der Waals surface area contributed by atoms with Gasteiger partial charge in [0.2, 0.25) is 0 Å². The van der Waals surface area contributed by atoms with Gasteiger partial charge in [0.1, 0.15) is 5.75 Å². The predicted molar refractivity (Wildman–Crippen MR) is 112 cm³/mol. The molecule has 0 aliphatic rings. The van der Waals surface area contributed by atoms with Crippen molar-refractivity contribution in [3.05, 3.63) is 78.9 Å². The summed E-state index contributed by atoms with van der Waals surface area (Å²) in [6.45, 7) is 0. The number of rotatable bonds is 1. The van der Waals surface area contributed by atoms with E-state index in [0.717, 1.165) is 5.75 Å². The number of fused-ring (bicyclic) bond motifs is 5. The Morgan fingerprint density at radius 3 is 2.15 bits per heavy atom. The van der Waals surface area contributed by atoms with Crippen LogP contribution < -0.4 is 4.74 Å². The lowest BCUT2D eigenvalue weighted by Crippen LogP contribution is -1.89. The molecule has 0 aliphatic carbocycles. The summed E-state index contributed by atoms with van der Waals surface area (Å²) in [5, 5.41) is 13.2. The highest BCUT2D eigenvalue weighted by Gasteiger charge is 2.15. The molecule has 0 atom stereocenters. The number of hydrogen-bond acceptors (Lipinski definition) is 1. The Morgan fingerprint density at radius 1 is 0.500 bits per heavy atom. The molecule has 6 aromatic rings. The molecule has 26 heavy (non-hydrogen) atoms. The first-order chi connectivity index (χ1) is 12.8. The summed E-state index contributed by atoms with van der Waals surface area (Å²) in [5.41, 5.74) is 0. The Labute approximate surface area is 150 Å². The number of hydrogen-bond donors (Lipinski definition) is 0. The fourth-order valence-electron chi connectivity index (χ4n) is 4.54. The summed E-state index contributed by atoms with van der Waals surface area (Å²) >= 11 is 0. The zero-order valence-electron chi connectivity index (χ0n) is 14.4. The second-order valence-corrected chi connectivity index (χ2v) is 6.95. The minimum absolute atomic E-state index is 0.898. The van der Waals surface area contributed by atoms with Crippen LogP contribution >= 0.6 is 0 Å². The lowest BCUT2D eigenvalue weighted by Gasteiger charge is -2.17. The van der Waals surface area contributed by atoms with Crippen molar-refractivity contribution in [2.75, 3.05) is 7.11 Å². The van der Waals surface area contributed by atoms with Gasteiger partial charge in [-0.3, -0.25) is 0 Å². The van der Waals surface area contributed by atoms with Crippen LogP contribution in [0.1, 0.15) is 0 Å². The van der Waals surface area contributed by atoms with Gasteiger partial charge in [-0.05, 0) is 72.1 Å². The molecule has 0 aromatic heterocycles. The molecule has 0 fully saturated rings. The topological polar surface area (TPSA) is 9.23 Å². The number of ether oxygens (including phenoxy) is 1. The van der Waals surface area contributed by atoms with E-state index in [1.54, 1.807) is 7.11 Å². The van der Waals surface area contributed by atoms with Crippen LogP contribution in [-0.4, -0.2) is 7.11 Å². The second-order valence-electron chi connectivity index (χ2n) is 6.95. The Bertz CT molecular complexity index is 1460. The van der Waals surface area contributed by atoms with Crippen LogP contribution in [0.3, 0.4) is 0 Å². The summed E-state index contributed by atoms with van der Waals surface area (Å²) in [6.07, 6.45) is 0. The van der Waals surface area contributed by atoms with E-state index < -0.39 is 0 Å². The minimum atomic E-state index is 0.898. The number of benzene rings is 6. The maximum absolute atomic E-state index is 5.46. The van der Waals surface area contributed by atoms with Gasteiger partial charge >= 0.3 is 0 Å². The van der Waals surface area contributed by atoms with E-state index >= 15 is 0 Å². The van der Waals surface area contributed by atoms with Crippen molar-refractivity contribution in [1.29, 1.82) is 0 Å². The first kappa shape index (κ1) is 13.9. The largest absolute Gasteiger partial charge is 0.497 e. The van der Waals surface area contributed by atoms with Gasteiger partial charge < -0.3 is 4.74 Å². The van der Waals surface area contributed by atoms with E-state index in [2.05, 4.69) is 78.9 Å². The first-order valence-electron chi connectivity index (χ1n) is 8.91. The third-order valence-corrected chi connectivity index (χ3v) is 5.65. The SMILES string of the molecule is COc1ccc2c(c1)cc1ccc3cccc4c5ccccc5c2c1c34. The van der Waals surface area contributed by atoms with Crippen molar-refractivity contribution in [1.82, 2.24) is 0 Å². The summed E-state index contributed by atoms with van der Waals surface area (Å²) in [5.74, 6) is 0.898. The van der Waals surface area contributed by atoms with Gasteiger partial charge in [0, 0.05) is 0 Å². The van der Waals surface area contributed by atoms with Crippen LogP contribution in [-0.2, 0) is 0 Å². The molecular weight excluding hydrogens is 316 g/mol. The standard InChI is InChI=1S/C25H16O/c1-26-18-11-12-19-17(14-18)13-16-10-9-15-5-4-8-21-20-6-2-3-7-22(20)25(19)24(16)23(15)21/h2-14H,1H3. The lowest BCUT2D eigenvalue weighted by atomic mass is 9.87. The lowest BCUT2D eigenvalue weighted by molar-refractivity contribution is 0.415. The van der Waals surface area contributed by atoms with Crippen LogP contribution in [0.15, 0.2) is 78.9 Å². The normalized spacial score (nSPS) is 12.0. The van der Waals surface area contributed by atoms with Gasteiger partial charge in [0.15, 0.2) is 0 Å². The van der Waals surface area contributed by atoms with Gasteiger partial charge in [-0.2, -0.15) is 0 Å². The zero-order valence-corrected chi connectivity index (χ0v) is 14.4. The molecule has 6 aromatic carbocycles. The molecule has 1 heteroatoms. The Balaban J connectivity index is 2.04. The highest BCUT2D eigenvalue weighted by Crippen LogP contribution is 2.44. The van der Waals surface area contributed by atoms with Crippen molar-refractivity contribution in [2.24, 2.45) is 0 Å². The fourth-order valence-corrected chi connectivity index (χ4v) is 4.54. The predicted octanol–water partition coefficient (Wildman–Crippen LogP) is 6.90. The molecule has 0 bridgehead atoms. The van der Waals surface area contributed by atoms with Crippen molar-refractivity contribution in [3.63, 3.8) is 0 Å². The quantitative estimate of drug-likeness (QED) is 0.235. The molecule has 6 rings (SSSR count). The molecule has 122 valence electrons. The van der Waals surface area contributed by atoms with Crippen molar-refractivity contribution < 1.29 is 4.74 Å². The smallest absolute Gasteiger partial charge is 0.119 e. The Kier molecular flexibility index (Phi) is 2.60. The van der Waals surface area contributed by atoms with Gasteiger partial charge in [-0.25, -0.2) is 0 Å². The van der Waals surface area contributed by atoms with E-state index in [9.17, 15) is 0 Å². The van der Waals surface area contributed by atoms with Crippen molar-refractivity contribution >= 4 is 53.9 Å². The molecule has 0 saturated heterocycles. The number of methoxy groups -OCH3 is 1. The molecule has 1 nitrogen and oxygen atoms in total. The van der Waals surface area contributed by atoms with Gasteiger partial charge in [-0.15, -0.1) is 0 Å². The average Bonchev–Trinajstić information content (AvgIpc) is 2.71. The second kappa shape index (κ2) is 4.86. The zero-order chi connectivity index (χ0) is 17.3. The molecule has 0 unspecified atom stereocenters. The van der Waals surface area contributed by atoms with Crippen LogP contribution in [0.2, 0.25) is 0 Å². The Morgan fingerprint density at radius 2 is 1.27 bits per heavy atom. The van der Waals surface area contributed by atoms with Crippen LogP contribution in [0.5, 0.6) is 5.75 Å².